The van der Waals surface area contributed by atoms with Crippen molar-refractivity contribution in [3.8, 4) is 0 Å². The molecule has 0 aliphatic heterocycles. The standard InChI is InChI=1S/C17H26N2/c1-2-19-17(16-9-5-3-4-6-10-16)12-11-15-8-7-13-18-14-15/h7-9,13-14,17,19H,2-6,10-12H2,1H3. The number of aryl methyl sites for hydroxylation is 1. The summed E-state index contributed by atoms with van der Waals surface area (Å²) in [6.07, 6.45) is 15.3. The summed E-state index contributed by atoms with van der Waals surface area (Å²) >= 11 is 0. The molecule has 2 rings (SSSR count). The van der Waals surface area contributed by atoms with E-state index in [1.807, 2.05) is 18.5 Å². The molecule has 0 spiro atoms. The Balaban J connectivity index is 1.93. The van der Waals surface area contributed by atoms with Crippen LogP contribution in [-0.2, 0) is 6.42 Å². The van der Waals surface area contributed by atoms with Crippen molar-refractivity contribution in [2.75, 3.05) is 6.54 Å². The van der Waals surface area contributed by atoms with Crippen molar-refractivity contribution < 1.29 is 0 Å². The highest BCUT2D eigenvalue weighted by atomic mass is 14.9. The van der Waals surface area contributed by atoms with Crippen molar-refractivity contribution in [1.29, 1.82) is 0 Å². The lowest BCUT2D eigenvalue weighted by atomic mass is 9.96. The normalized spacial score (nSPS) is 17.6. The van der Waals surface area contributed by atoms with Crippen molar-refractivity contribution in [3.63, 3.8) is 0 Å². The van der Waals surface area contributed by atoms with E-state index in [9.17, 15) is 0 Å². The van der Waals surface area contributed by atoms with E-state index in [4.69, 9.17) is 0 Å². The fourth-order valence-electron chi connectivity index (χ4n) is 2.88. The number of allylic oxidation sites excluding steroid dienone is 1. The Hall–Kier alpha value is -1.15. The third kappa shape index (κ3) is 4.79. The van der Waals surface area contributed by atoms with Gasteiger partial charge in [0, 0.05) is 18.4 Å². The molecule has 1 unspecified atom stereocenters. The number of hydrogen-bond acceptors (Lipinski definition) is 2. The van der Waals surface area contributed by atoms with Gasteiger partial charge in [-0.3, -0.25) is 4.98 Å². The van der Waals surface area contributed by atoms with Gasteiger partial charge in [0.1, 0.15) is 0 Å². The lowest BCUT2D eigenvalue weighted by Gasteiger charge is -2.21. The van der Waals surface area contributed by atoms with Crippen molar-refractivity contribution >= 4 is 0 Å². The van der Waals surface area contributed by atoms with Gasteiger partial charge in [0.05, 0.1) is 0 Å². The largest absolute Gasteiger partial charge is 0.311 e. The number of nitrogens with zero attached hydrogens (tertiary/aromatic N) is 1. The predicted octanol–water partition coefficient (Wildman–Crippen LogP) is 3.88. The number of aromatic nitrogens is 1. The number of nitrogens with one attached hydrogen (secondary N) is 1. The summed E-state index contributed by atoms with van der Waals surface area (Å²) < 4.78 is 0. The molecular formula is C17H26N2. The van der Waals surface area contributed by atoms with E-state index < -0.39 is 0 Å². The molecule has 19 heavy (non-hydrogen) atoms. The smallest absolute Gasteiger partial charge is 0.0299 e. The van der Waals surface area contributed by atoms with Crippen LogP contribution >= 0.6 is 0 Å². The van der Waals surface area contributed by atoms with Crippen LogP contribution in [0.25, 0.3) is 0 Å². The fraction of sp³-hybridized carbons (Fsp3) is 0.588. The van der Waals surface area contributed by atoms with Gasteiger partial charge in [0.25, 0.3) is 0 Å². The Bertz CT molecular complexity index is 384. The van der Waals surface area contributed by atoms with Gasteiger partial charge in [-0.25, -0.2) is 0 Å². The Morgan fingerprint density at radius 2 is 2.26 bits per heavy atom. The number of likely N-dealkylation sites (N-methyl/N-ethyl adjacent to an activating group) is 1. The van der Waals surface area contributed by atoms with Crippen LogP contribution in [0.2, 0.25) is 0 Å². The van der Waals surface area contributed by atoms with Gasteiger partial charge in [-0.2, -0.15) is 0 Å². The molecule has 0 bridgehead atoms. The minimum absolute atomic E-state index is 0.559. The average molecular weight is 258 g/mol. The summed E-state index contributed by atoms with van der Waals surface area (Å²) in [7, 11) is 0. The predicted molar refractivity (Wildman–Crippen MR) is 81.2 cm³/mol. The second-order valence-corrected chi connectivity index (χ2v) is 5.39. The Morgan fingerprint density at radius 1 is 1.32 bits per heavy atom. The molecule has 0 aromatic carbocycles. The van der Waals surface area contributed by atoms with Gasteiger partial charge < -0.3 is 5.32 Å². The van der Waals surface area contributed by atoms with Crippen molar-refractivity contribution in [3.05, 3.63) is 41.7 Å². The number of rotatable bonds is 6. The van der Waals surface area contributed by atoms with E-state index in [2.05, 4.69) is 29.4 Å². The molecule has 2 heteroatoms. The number of pyridine rings is 1. The first-order chi connectivity index (χ1) is 9.40. The van der Waals surface area contributed by atoms with Gasteiger partial charge in [-0.05, 0) is 56.7 Å². The molecule has 1 atom stereocenters. The molecule has 0 amide bonds. The van der Waals surface area contributed by atoms with E-state index in [-0.39, 0.29) is 0 Å². The highest BCUT2D eigenvalue weighted by Gasteiger charge is 2.14. The van der Waals surface area contributed by atoms with Crippen LogP contribution in [-0.4, -0.2) is 17.6 Å². The van der Waals surface area contributed by atoms with Crippen LogP contribution in [0, 0.1) is 0 Å². The molecule has 1 heterocycles. The highest BCUT2D eigenvalue weighted by Crippen LogP contribution is 2.22. The van der Waals surface area contributed by atoms with Crippen molar-refractivity contribution in [1.82, 2.24) is 10.3 Å². The van der Waals surface area contributed by atoms with Gasteiger partial charge in [-0.15, -0.1) is 0 Å². The van der Waals surface area contributed by atoms with Crippen LogP contribution in [0.1, 0.15) is 51.0 Å². The summed E-state index contributed by atoms with van der Waals surface area (Å²) in [5.74, 6) is 0. The molecule has 0 fully saturated rings. The topological polar surface area (TPSA) is 24.9 Å². The summed E-state index contributed by atoms with van der Waals surface area (Å²) in [4.78, 5) is 4.20. The lowest BCUT2D eigenvalue weighted by Crippen LogP contribution is -2.31. The molecule has 1 aromatic heterocycles. The van der Waals surface area contributed by atoms with Gasteiger partial charge in [0.15, 0.2) is 0 Å². The molecule has 0 saturated heterocycles. The van der Waals surface area contributed by atoms with Crippen LogP contribution in [0.4, 0.5) is 0 Å². The Kier molecular flexibility index (Phi) is 6.09. The molecule has 0 radical (unpaired) electrons. The van der Waals surface area contributed by atoms with Gasteiger partial charge >= 0.3 is 0 Å². The fourth-order valence-corrected chi connectivity index (χ4v) is 2.88. The Labute approximate surface area is 117 Å². The summed E-state index contributed by atoms with van der Waals surface area (Å²) in [5.41, 5.74) is 2.99. The van der Waals surface area contributed by atoms with Crippen molar-refractivity contribution in [2.45, 2.75) is 57.9 Å². The van der Waals surface area contributed by atoms with Gasteiger partial charge in [0.2, 0.25) is 0 Å². The van der Waals surface area contributed by atoms with E-state index in [0.717, 1.165) is 13.0 Å². The van der Waals surface area contributed by atoms with Crippen LogP contribution in [0.3, 0.4) is 0 Å². The van der Waals surface area contributed by atoms with Gasteiger partial charge in [-0.1, -0.05) is 31.1 Å². The van der Waals surface area contributed by atoms with Crippen LogP contribution < -0.4 is 5.32 Å². The first-order valence-electron chi connectivity index (χ1n) is 7.71. The molecule has 1 aliphatic carbocycles. The SMILES string of the molecule is CCNC(CCc1cccnc1)C1=CCCCCC1. The zero-order valence-electron chi connectivity index (χ0n) is 12.1. The van der Waals surface area contributed by atoms with Crippen LogP contribution in [0.5, 0.6) is 0 Å². The molecule has 0 saturated carbocycles. The third-order valence-corrected chi connectivity index (χ3v) is 3.92. The molecule has 1 aromatic rings. The van der Waals surface area contributed by atoms with E-state index in [1.165, 1.54) is 44.1 Å². The maximum Gasteiger partial charge on any atom is 0.0299 e. The second-order valence-electron chi connectivity index (χ2n) is 5.39. The molecule has 1 aliphatic rings. The minimum atomic E-state index is 0.559. The highest BCUT2D eigenvalue weighted by molar-refractivity contribution is 5.15. The summed E-state index contributed by atoms with van der Waals surface area (Å²) in [6.45, 7) is 3.25. The zero-order chi connectivity index (χ0) is 13.3. The maximum atomic E-state index is 4.20. The van der Waals surface area contributed by atoms with Crippen LogP contribution in [0.15, 0.2) is 36.2 Å². The lowest BCUT2D eigenvalue weighted by molar-refractivity contribution is 0.531. The quantitative estimate of drug-likeness (QED) is 0.783. The summed E-state index contributed by atoms with van der Waals surface area (Å²) in [6, 6.07) is 4.77. The van der Waals surface area contributed by atoms with Crippen molar-refractivity contribution in [2.24, 2.45) is 0 Å². The second kappa shape index (κ2) is 8.11. The first kappa shape index (κ1) is 14.3. The third-order valence-electron chi connectivity index (χ3n) is 3.92. The maximum absolute atomic E-state index is 4.20. The average Bonchev–Trinajstić information content (AvgIpc) is 2.73. The molecular weight excluding hydrogens is 232 g/mol. The number of hydrogen-bond donors (Lipinski definition) is 1. The molecule has 2 nitrogen and oxygen atoms in total. The zero-order valence-corrected chi connectivity index (χ0v) is 12.1. The summed E-state index contributed by atoms with van der Waals surface area (Å²) in [5, 5.41) is 3.66. The Morgan fingerprint density at radius 3 is 3.05 bits per heavy atom. The van der Waals surface area contributed by atoms with E-state index in [1.54, 1.807) is 5.57 Å². The monoisotopic (exact) mass is 258 g/mol. The van der Waals surface area contributed by atoms with E-state index in [0.29, 0.717) is 6.04 Å². The van der Waals surface area contributed by atoms with E-state index >= 15 is 0 Å². The minimum Gasteiger partial charge on any atom is -0.311 e. The molecule has 104 valence electrons. The first-order valence-corrected chi connectivity index (χ1v) is 7.71. The molecule has 1 N–H and O–H groups in total.